The first-order chi connectivity index (χ1) is 8.31. The predicted octanol–water partition coefficient (Wildman–Crippen LogP) is 1.84. The van der Waals surface area contributed by atoms with Gasteiger partial charge in [0.05, 0.1) is 18.9 Å². The van der Waals surface area contributed by atoms with Crippen LogP contribution in [-0.4, -0.2) is 32.3 Å². The van der Waals surface area contributed by atoms with E-state index in [4.69, 9.17) is 9.47 Å². The molecule has 0 spiro atoms. The second-order valence-corrected chi connectivity index (χ2v) is 3.90. The van der Waals surface area contributed by atoms with Gasteiger partial charge in [0.25, 0.3) is 0 Å². The Kier molecular flexibility index (Phi) is 3.85. The van der Waals surface area contributed by atoms with Gasteiger partial charge in [-0.1, -0.05) is 12.1 Å². The lowest BCUT2D eigenvalue weighted by Gasteiger charge is -2.22. The smallest absolute Gasteiger partial charge is 0.325 e. The molecule has 1 heterocycles. The van der Waals surface area contributed by atoms with Crippen molar-refractivity contribution in [3.8, 4) is 5.75 Å². The minimum Gasteiger partial charge on any atom is -0.491 e. The molecule has 0 radical (unpaired) electrons. The van der Waals surface area contributed by atoms with Crippen molar-refractivity contribution in [2.45, 2.75) is 13.3 Å². The summed E-state index contributed by atoms with van der Waals surface area (Å²) in [6.45, 7) is 4.03. The van der Waals surface area contributed by atoms with Gasteiger partial charge in [0.15, 0.2) is 0 Å². The summed E-state index contributed by atoms with van der Waals surface area (Å²) in [6.07, 6.45) is 0.911. The number of esters is 1. The van der Waals surface area contributed by atoms with Crippen molar-refractivity contribution in [3.63, 3.8) is 0 Å². The molecule has 0 aromatic heterocycles. The van der Waals surface area contributed by atoms with Crippen molar-refractivity contribution in [2.24, 2.45) is 0 Å². The molecule has 0 N–H and O–H groups in total. The number of ether oxygens (including phenoxy) is 2. The summed E-state index contributed by atoms with van der Waals surface area (Å²) in [6, 6.07) is 7.79. The van der Waals surface area contributed by atoms with E-state index < -0.39 is 0 Å². The Labute approximate surface area is 101 Å². The molecule has 17 heavy (non-hydrogen) atoms. The van der Waals surface area contributed by atoms with Gasteiger partial charge in [0.1, 0.15) is 12.3 Å². The first kappa shape index (κ1) is 11.8. The molecule has 0 fully saturated rings. The van der Waals surface area contributed by atoms with Crippen LogP contribution in [0.2, 0.25) is 0 Å². The predicted molar refractivity (Wildman–Crippen MR) is 65.4 cm³/mol. The topological polar surface area (TPSA) is 38.8 Å². The average molecular weight is 235 g/mol. The number of carbonyl (C=O) groups is 1. The Bertz CT molecular complexity index is 392. The summed E-state index contributed by atoms with van der Waals surface area (Å²) >= 11 is 0. The van der Waals surface area contributed by atoms with E-state index in [0.717, 1.165) is 24.4 Å². The van der Waals surface area contributed by atoms with Gasteiger partial charge < -0.3 is 14.4 Å². The maximum absolute atomic E-state index is 11.5. The SMILES string of the molecule is CCOC(=O)CN1CCCOc2ccccc21. The van der Waals surface area contributed by atoms with Crippen LogP contribution < -0.4 is 9.64 Å². The van der Waals surface area contributed by atoms with Crippen molar-refractivity contribution in [2.75, 3.05) is 31.2 Å². The van der Waals surface area contributed by atoms with Gasteiger partial charge in [0, 0.05) is 6.54 Å². The van der Waals surface area contributed by atoms with E-state index in [1.165, 1.54) is 0 Å². The van der Waals surface area contributed by atoms with Gasteiger partial charge in [-0.05, 0) is 25.5 Å². The number of hydrogen-bond donors (Lipinski definition) is 0. The summed E-state index contributed by atoms with van der Waals surface area (Å²) in [4.78, 5) is 13.5. The van der Waals surface area contributed by atoms with E-state index in [1.807, 2.05) is 36.1 Å². The molecule has 0 saturated carbocycles. The van der Waals surface area contributed by atoms with E-state index >= 15 is 0 Å². The molecule has 0 bridgehead atoms. The summed E-state index contributed by atoms with van der Waals surface area (Å²) in [5.74, 6) is 0.651. The van der Waals surface area contributed by atoms with Crippen LogP contribution in [0.4, 0.5) is 5.69 Å². The highest BCUT2D eigenvalue weighted by Crippen LogP contribution is 2.30. The lowest BCUT2D eigenvalue weighted by molar-refractivity contribution is -0.141. The molecule has 0 saturated heterocycles. The van der Waals surface area contributed by atoms with Crippen LogP contribution in [0.25, 0.3) is 0 Å². The number of hydrogen-bond acceptors (Lipinski definition) is 4. The van der Waals surface area contributed by atoms with Crippen LogP contribution in [0.3, 0.4) is 0 Å². The lowest BCUT2D eigenvalue weighted by atomic mass is 10.2. The van der Waals surface area contributed by atoms with Crippen molar-refractivity contribution >= 4 is 11.7 Å². The second kappa shape index (κ2) is 5.57. The Morgan fingerprint density at radius 1 is 1.47 bits per heavy atom. The molecule has 1 aliphatic rings. The Morgan fingerprint density at radius 2 is 2.29 bits per heavy atom. The number of nitrogens with zero attached hydrogens (tertiary/aromatic N) is 1. The standard InChI is InChI=1S/C13H17NO3/c1-2-16-13(15)10-14-8-5-9-17-12-7-4-3-6-11(12)14/h3-4,6-7H,2,5,8-10H2,1H3. The number of rotatable bonds is 3. The quantitative estimate of drug-likeness (QED) is 0.749. The fourth-order valence-electron chi connectivity index (χ4n) is 1.93. The van der Waals surface area contributed by atoms with Crippen LogP contribution >= 0.6 is 0 Å². The second-order valence-electron chi connectivity index (χ2n) is 3.90. The zero-order valence-corrected chi connectivity index (χ0v) is 10.0. The highest BCUT2D eigenvalue weighted by molar-refractivity contribution is 5.77. The number of para-hydroxylation sites is 2. The molecule has 0 unspecified atom stereocenters. The van der Waals surface area contributed by atoms with Crippen LogP contribution in [0, 0.1) is 0 Å². The van der Waals surface area contributed by atoms with E-state index in [2.05, 4.69) is 0 Å². The summed E-state index contributed by atoms with van der Waals surface area (Å²) in [5, 5.41) is 0. The molecule has 0 amide bonds. The van der Waals surface area contributed by atoms with Crippen molar-refractivity contribution in [1.82, 2.24) is 0 Å². The van der Waals surface area contributed by atoms with Gasteiger partial charge in [-0.25, -0.2) is 0 Å². The minimum absolute atomic E-state index is 0.191. The summed E-state index contributed by atoms with van der Waals surface area (Å²) < 4.78 is 10.6. The first-order valence-electron chi connectivity index (χ1n) is 5.93. The normalized spacial score (nSPS) is 14.5. The van der Waals surface area contributed by atoms with Crippen LogP contribution in [0.1, 0.15) is 13.3 Å². The van der Waals surface area contributed by atoms with E-state index in [-0.39, 0.29) is 12.5 Å². The molecular weight excluding hydrogens is 218 g/mol. The number of fused-ring (bicyclic) bond motifs is 1. The van der Waals surface area contributed by atoms with E-state index in [9.17, 15) is 4.79 Å². The molecule has 1 aromatic rings. The van der Waals surface area contributed by atoms with Crippen molar-refractivity contribution < 1.29 is 14.3 Å². The first-order valence-corrected chi connectivity index (χ1v) is 5.93. The molecule has 4 nitrogen and oxygen atoms in total. The molecule has 92 valence electrons. The molecule has 2 rings (SSSR count). The maximum atomic E-state index is 11.5. The van der Waals surface area contributed by atoms with Gasteiger partial charge in [-0.2, -0.15) is 0 Å². The average Bonchev–Trinajstić information content (AvgIpc) is 2.53. The third kappa shape index (κ3) is 2.90. The van der Waals surface area contributed by atoms with Crippen LogP contribution in [0.15, 0.2) is 24.3 Å². The number of benzene rings is 1. The molecule has 0 atom stereocenters. The largest absolute Gasteiger partial charge is 0.491 e. The monoisotopic (exact) mass is 235 g/mol. The summed E-state index contributed by atoms with van der Waals surface area (Å²) in [5.41, 5.74) is 0.970. The van der Waals surface area contributed by atoms with Gasteiger partial charge in [-0.15, -0.1) is 0 Å². The van der Waals surface area contributed by atoms with Crippen LogP contribution in [0.5, 0.6) is 5.75 Å². The fraction of sp³-hybridized carbons (Fsp3) is 0.462. The number of anilines is 1. The van der Waals surface area contributed by atoms with Gasteiger partial charge in [0.2, 0.25) is 0 Å². The zero-order valence-electron chi connectivity index (χ0n) is 10.0. The highest BCUT2D eigenvalue weighted by atomic mass is 16.5. The molecule has 1 aromatic carbocycles. The number of carbonyl (C=O) groups excluding carboxylic acids is 1. The maximum Gasteiger partial charge on any atom is 0.325 e. The van der Waals surface area contributed by atoms with Gasteiger partial charge >= 0.3 is 5.97 Å². The zero-order chi connectivity index (χ0) is 12.1. The highest BCUT2D eigenvalue weighted by Gasteiger charge is 2.18. The van der Waals surface area contributed by atoms with E-state index in [0.29, 0.717) is 13.2 Å². The Morgan fingerprint density at radius 3 is 3.12 bits per heavy atom. The summed E-state index contributed by atoms with van der Waals surface area (Å²) in [7, 11) is 0. The van der Waals surface area contributed by atoms with Crippen molar-refractivity contribution in [1.29, 1.82) is 0 Å². The van der Waals surface area contributed by atoms with Crippen LogP contribution in [-0.2, 0) is 9.53 Å². The molecule has 1 aliphatic heterocycles. The molecule has 4 heteroatoms. The van der Waals surface area contributed by atoms with E-state index in [1.54, 1.807) is 0 Å². The fourth-order valence-corrected chi connectivity index (χ4v) is 1.93. The van der Waals surface area contributed by atoms with Gasteiger partial charge in [-0.3, -0.25) is 4.79 Å². The minimum atomic E-state index is -0.191. The Hall–Kier alpha value is -1.71. The Balaban J connectivity index is 2.14. The third-order valence-electron chi connectivity index (χ3n) is 2.66. The molecular formula is C13H17NO3. The lowest BCUT2D eigenvalue weighted by Crippen LogP contribution is -2.31. The third-order valence-corrected chi connectivity index (χ3v) is 2.66. The van der Waals surface area contributed by atoms with Crippen molar-refractivity contribution in [3.05, 3.63) is 24.3 Å². The molecule has 0 aliphatic carbocycles.